The molecule has 1 aliphatic rings. The molecule has 4 N–H and O–H groups in total. The number of β-amino-alcohol motifs (C(OH)–C–C–N with tert-alkyl or cyclic N) is 1. The topological polar surface area (TPSA) is 79.0 Å². The van der Waals surface area contributed by atoms with E-state index in [0.717, 1.165) is 30.7 Å². The maximum Gasteiger partial charge on any atom is 0.119 e. The summed E-state index contributed by atoms with van der Waals surface area (Å²) >= 11 is 0. The van der Waals surface area contributed by atoms with Crippen LogP contribution in [0.1, 0.15) is 18.4 Å². The van der Waals surface area contributed by atoms with E-state index in [0.29, 0.717) is 13.1 Å². The molecule has 2 rings (SSSR count). The lowest BCUT2D eigenvalue weighted by atomic mass is 10.2. The van der Waals surface area contributed by atoms with Crippen LogP contribution in [0.5, 0.6) is 5.75 Å². The van der Waals surface area contributed by atoms with Gasteiger partial charge in [0.2, 0.25) is 0 Å². The van der Waals surface area contributed by atoms with Gasteiger partial charge in [-0.3, -0.25) is 4.90 Å². The summed E-state index contributed by atoms with van der Waals surface area (Å²) in [6.45, 7) is 2.37. The van der Waals surface area contributed by atoms with Crippen LogP contribution < -0.4 is 10.5 Å². The molecule has 2 atom stereocenters. The fourth-order valence-electron chi connectivity index (χ4n) is 2.62. The average Bonchev–Trinajstić information content (AvgIpc) is 2.92. The number of nitrogens with two attached hydrogens (primary N) is 1. The Morgan fingerprint density at radius 2 is 2.30 bits per heavy atom. The minimum absolute atomic E-state index is 0.159. The molecule has 20 heavy (non-hydrogen) atoms. The summed E-state index contributed by atoms with van der Waals surface area (Å²) in [6.07, 6.45) is 1.53. The van der Waals surface area contributed by atoms with Crippen molar-refractivity contribution in [2.45, 2.75) is 31.5 Å². The fourth-order valence-corrected chi connectivity index (χ4v) is 2.62. The van der Waals surface area contributed by atoms with Crippen LogP contribution in [0.2, 0.25) is 0 Å². The summed E-state index contributed by atoms with van der Waals surface area (Å²) in [7, 11) is 0. The largest absolute Gasteiger partial charge is 0.491 e. The van der Waals surface area contributed by atoms with E-state index >= 15 is 0 Å². The van der Waals surface area contributed by atoms with Gasteiger partial charge in [0, 0.05) is 19.1 Å². The van der Waals surface area contributed by atoms with E-state index in [1.807, 2.05) is 24.3 Å². The van der Waals surface area contributed by atoms with Crippen molar-refractivity contribution in [3.8, 4) is 5.75 Å². The molecule has 0 radical (unpaired) electrons. The maximum atomic E-state index is 10.0. The highest BCUT2D eigenvalue weighted by atomic mass is 16.5. The summed E-state index contributed by atoms with van der Waals surface area (Å²) in [4.78, 5) is 2.13. The Morgan fingerprint density at radius 3 is 3.05 bits per heavy atom. The van der Waals surface area contributed by atoms with Crippen molar-refractivity contribution in [1.29, 1.82) is 0 Å². The van der Waals surface area contributed by atoms with Crippen LogP contribution in [-0.4, -0.2) is 53.6 Å². The van der Waals surface area contributed by atoms with E-state index in [2.05, 4.69) is 4.90 Å². The third-order valence-corrected chi connectivity index (χ3v) is 3.73. The molecule has 112 valence electrons. The lowest BCUT2D eigenvalue weighted by molar-refractivity contribution is 0.0532. The molecule has 5 heteroatoms. The predicted molar refractivity (Wildman–Crippen MR) is 77.5 cm³/mol. The van der Waals surface area contributed by atoms with Gasteiger partial charge in [-0.25, -0.2) is 0 Å². The van der Waals surface area contributed by atoms with E-state index in [-0.39, 0.29) is 19.3 Å². The molecule has 0 saturated carbocycles. The van der Waals surface area contributed by atoms with E-state index < -0.39 is 6.10 Å². The molecule has 0 spiro atoms. The van der Waals surface area contributed by atoms with E-state index in [4.69, 9.17) is 10.5 Å². The maximum absolute atomic E-state index is 10.0. The molecule has 1 saturated heterocycles. The molecule has 0 bridgehead atoms. The first-order valence-electron chi connectivity index (χ1n) is 7.17. The lowest BCUT2D eigenvalue weighted by Crippen LogP contribution is -2.40. The van der Waals surface area contributed by atoms with Gasteiger partial charge in [-0.05, 0) is 37.1 Å². The molecule has 0 amide bonds. The number of ether oxygens (including phenoxy) is 1. The molecule has 1 aromatic carbocycles. The number of nitrogens with zero attached hydrogens (tertiary/aromatic N) is 1. The predicted octanol–water partition coefficient (Wildman–Crippen LogP) is 0.342. The van der Waals surface area contributed by atoms with Crippen LogP contribution in [0.15, 0.2) is 24.3 Å². The van der Waals surface area contributed by atoms with Crippen molar-refractivity contribution in [3.05, 3.63) is 29.8 Å². The second kappa shape index (κ2) is 7.59. The Kier molecular flexibility index (Phi) is 5.79. The molecule has 1 aliphatic heterocycles. The molecule has 0 aliphatic carbocycles. The smallest absolute Gasteiger partial charge is 0.119 e. The van der Waals surface area contributed by atoms with E-state index in [9.17, 15) is 10.2 Å². The number of benzene rings is 1. The SMILES string of the molecule is NCc1cccc(OCC(O)CN2CCCC2CO)c1. The number of aliphatic hydroxyl groups excluding tert-OH is 2. The average molecular weight is 280 g/mol. The standard InChI is InChI=1S/C15H24N2O3/c16-8-12-3-1-5-15(7-12)20-11-14(19)9-17-6-2-4-13(17)10-18/h1,3,5,7,13-14,18-19H,2,4,6,8-11,16H2. The highest BCUT2D eigenvalue weighted by Gasteiger charge is 2.25. The quantitative estimate of drug-likeness (QED) is 0.671. The Hall–Kier alpha value is -1.14. The summed E-state index contributed by atoms with van der Waals surface area (Å²) in [5.74, 6) is 0.729. The summed E-state index contributed by atoms with van der Waals surface area (Å²) in [5, 5.41) is 19.3. The van der Waals surface area contributed by atoms with Gasteiger partial charge < -0.3 is 20.7 Å². The number of rotatable bonds is 7. The first-order valence-corrected chi connectivity index (χ1v) is 7.17. The van der Waals surface area contributed by atoms with Gasteiger partial charge in [0.25, 0.3) is 0 Å². The van der Waals surface area contributed by atoms with Crippen LogP contribution in [0.4, 0.5) is 0 Å². The third-order valence-electron chi connectivity index (χ3n) is 3.73. The zero-order valence-corrected chi connectivity index (χ0v) is 11.7. The number of hydrogen-bond donors (Lipinski definition) is 3. The van der Waals surface area contributed by atoms with Gasteiger partial charge >= 0.3 is 0 Å². The first kappa shape index (κ1) is 15.3. The summed E-state index contributed by atoms with van der Waals surface area (Å²) in [5.41, 5.74) is 6.59. The third kappa shape index (κ3) is 4.18. The number of hydrogen-bond acceptors (Lipinski definition) is 5. The van der Waals surface area contributed by atoms with Gasteiger partial charge in [0.15, 0.2) is 0 Å². The summed E-state index contributed by atoms with van der Waals surface area (Å²) < 4.78 is 5.59. The molecule has 5 nitrogen and oxygen atoms in total. The lowest BCUT2D eigenvalue weighted by Gasteiger charge is -2.25. The van der Waals surface area contributed by atoms with Gasteiger partial charge in [0.05, 0.1) is 6.61 Å². The monoisotopic (exact) mass is 280 g/mol. The number of likely N-dealkylation sites (tertiary alicyclic amines) is 1. The van der Waals surface area contributed by atoms with Gasteiger partial charge in [-0.2, -0.15) is 0 Å². The van der Waals surface area contributed by atoms with Gasteiger partial charge in [-0.1, -0.05) is 12.1 Å². The first-order chi connectivity index (χ1) is 9.72. The molecule has 1 aromatic rings. The highest BCUT2D eigenvalue weighted by molar-refractivity contribution is 5.28. The van der Waals surface area contributed by atoms with Crippen LogP contribution in [0, 0.1) is 0 Å². The second-order valence-electron chi connectivity index (χ2n) is 5.29. The molecule has 2 unspecified atom stereocenters. The molecule has 1 heterocycles. The highest BCUT2D eigenvalue weighted by Crippen LogP contribution is 2.17. The van der Waals surface area contributed by atoms with Crippen LogP contribution >= 0.6 is 0 Å². The molecular formula is C15H24N2O3. The van der Waals surface area contributed by atoms with Crippen molar-refractivity contribution >= 4 is 0 Å². The van der Waals surface area contributed by atoms with E-state index in [1.54, 1.807) is 0 Å². The molecular weight excluding hydrogens is 256 g/mol. The van der Waals surface area contributed by atoms with E-state index in [1.165, 1.54) is 0 Å². The summed E-state index contributed by atoms with van der Waals surface area (Å²) in [6, 6.07) is 7.77. The van der Waals surface area contributed by atoms with Crippen molar-refractivity contribution in [1.82, 2.24) is 4.90 Å². The molecule has 0 aromatic heterocycles. The fraction of sp³-hybridized carbons (Fsp3) is 0.600. The zero-order valence-electron chi connectivity index (χ0n) is 11.7. The van der Waals surface area contributed by atoms with Crippen molar-refractivity contribution in [3.63, 3.8) is 0 Å². The Labute approximate surface area is 120 Å². The van der Waals surface area contributed by atoms with Gasteiger partial charge in [0.1, 0.15) is 18.5 Å². The minimum Gasteiger partial charge on any atom is -0.491 e. The minimum atomic E-state index is -0.552. The number of aliphatic hydroxyl groups is 2. The van der Waals surface area contributed by atoms with Gasteiger partial charge in [-0.15, -0.1) is 0 Å². The molecule has 1 fully saturated rings. The van der Waals surface area contributed by atoms with Crippen molar-refractivity contribution in [2.75, 3.05) is 26.3 Å². The van der Waals surface area contributed by atoms with Crippen molar-refractivity contribution in [2.24, 2.45) is 5.73 Å². The Morgan fingerprint density at radius 1 is 1.45 bits per heavy atom. The Bertz CT molecular complexity index is 414. The van der Waals surface area contributed by atoms with Crippen LogP contribution in [0.3, 0.4) is 0 Å². The van der Waals surface area contributed by atoms with Crippen molar-refractivity contribution < 1.29 is 14.9 Å². The second-order valence-corrected chi connectivity index (χ2v) is 5.29. The zero-order chi connectivity index (χ0) is 14.4. The Balaban J connectivity index is 1.78. The van der Waals surface area contributed by atoms with Crippen LogP contribution in [-0.2, 0) is 6.54 Å². The normalized spacial score (nSPS) is 21.1. The van der Waals surface area contributed by atoms with Crippen LogP contribution in [0.25, 0.3) is 0 Å².